The number of amides is 1. The van der Waals surface area contributed by atoms with E-state index in [4.69, 9.17) is 4.74 Å². The standard InChI is InChI=1S/C27H35N5O4/c1-30-12-14-32(15-13-30)28-18-20-3-5-21(6-4-20)27(35)29-23-7-8-24-22(17-23)9-11-31(19-26(33)34)25(24)10-16-36-2/h3-8,17-18,25H,9-16,19H2,1-2H3,(H,29,35)(H,33,34). The minimum atomic E-state index is -0.832. The van der Waals surface area contributed by atoms with Crippen LogP contribution >= 0.6 is 0 Å². The maximum atomic E-state index is 12.9. The highest BCUT2D eigenvalue weighted by Crippen LogP contribution is 2.33. The first-order valence-corrected chi connectivity index (χ1v) is 12.4. The van der Waals surface area contributed by atoms with E-state index >= 15 is 0 Å². The van der Waals surface area contributed by atoms with Gasteiger partial charge in [0, 0.05) is 63.7 Å². The summed E-state index contributed by atoms with van der Waals surface area (Å²) in [5.41, 5.74) is 4.49. The summed E-state index contributed by atoms with van der Waals surface area (Å²) < 4.78 is 5.25. The summed E-state index contributed by atoms with van der Waals surface area (Å²) in [4.78, 5) is 28.4. The molecule has 0 saturated carbocycles. The molecule has 4 rings (SSSR count). The van der Waals surface area contributed by atoms with Crippen molar-refractivity contribution in [3.05, 3.63) is 64.7 Å². The monoisotopic (exact) mass is 493 g/mol. The Morgan fingerprint density at radius 2 is 1.86 bits per heavy atom. The third kappa shape index (κ3) is 6.69. The van der Waals surface area contributed by atoms with Crippen molar-refractivity contribution in [1.29, 1.82) is 0 Å². The summed E-state index contributed by atoms with van der Waals surface area (Å²) in [5, 5.41) is 18.9. The molecular formula is C27H35N5O4. The Morgan fingerprint density at radius 1 is 1.11 bits per heavy atom. The highest BCUT2D eigenvalue weighted by molar-refractivity contribution is 6.04. The number of nitrogens with zero attached hydrogens (tertiary/aromatic N) is 4. The number of ether oxygens (including phenoxy) is 1. The number of methoxy groups -OCH3 is 1. The highest BCUT2D eigenvalue weighted by atomic mass is 16.5. The molecule has 2 aromatic carbocycles. The zero-order valence-corrected chi connectivity index (χ0v) is 21.0. The number of rotatable bonds is 9. The predicted molar refractivity (Wildman–Crippen MR) is 140 cm³/mol. The molecule has 0 radical (unpaired) electrons. The second-order valence-electron chi connectivity index (χ2n) is 9.40. The molecule has 1 saturated heterocycles. The minimum absolute atomic E-state index is 0.00237. The molecule has 2 aromatic rings. The summed E-state index contributed by atoms with van der Waals surface area (Å²) in [6, 6.07) is 13.3. The van der Waals surface area contributed by atoms with Crippen LogP contribution in [0.2, 0.25) is 0 Å². The van der Waals surface area contributed by atoms with Crippen molar-refractivity contribution in [2.45, 2.75) is 18.9 Å². The number of carbonyl (C=O) groups is 2. The number of carboxylic acid groups (broad SMARTS) is 1. The molecule has 9 heteroatoms. The molecule has 2 aliphatic rings. The van der Waals surface area contributed by atoms with Crippen molar-refractivity contribution in [2.75, 3.05) is 65.3 Å². The van der Waals surface area contributed by atoms with E-state index in [0.717, 1.165) is 55.0 Å². The van der Waals surface area contributed by atoms with Crippen molar-refractivity contribution >= 4 is 23.8 Å². The van der Waals surface area contributed by atoms with Gasteiger partial charge in [-0.05, 0) is 60.8 Å². The average molecular weight is 494 g/mol. The first kappa shape index (κ1) is 25.8. The first-order chi connectivity index (χ1) is 17.4. The molecule has 192 valence electrons. The lowest BCUT2D eigenvalue weighted by atomic mass is 9.90. The number of hydrazone groups is 1. The van der Waals surface area contributed by atoms with Gasteiger partial charge in [0.25, 0.3) is 5.91 Å². The van der Waals surface area contributed by atoms with Crippen molar-refractivity contribution < 1.29 is 19.4 Å². The number of benzene rings is 2. The van der Waals surface area contributed by atoms with Gasteiger partial charge in [-0.25, -0.2) is 0 Å². The molecule has 2 aliphatic heterocycles. The van der Waals surface area contributed by atoms with Crippen LogP contribution in [0.3, 0.4) is 0 Å². The Labute approximate surface area is 212 Å². The van der Waals surface area contributed by atoms with Crippen molar-refractivity contribution in [3.63, 3.8) is 0 Å². The molecule has 2 heterocycles. The quantitative estimate of drug-likeness (QED) is 0.518. The van der Waals surface area contributed by atoms with Crippen molar-refractivity contribution in [3.8, 4) is 0 Å². The van der Waals surface area contributed by atoms with E-state index < -0.39 is 5.97 Å². The van der Waals surface area contributed by atoms with Crippen molar-refractivity contribution in [1.82, 2.24) is 14.8 Å². The fraction of sp³-hybridized carbons (Fsp3) is 0.444. The van der Waals surface area contributed by atoms with Crippen LogP contribution in [0, 0.1) is 0 Å². The van der Waals surface area contributed by atoms with Gasteiger partial charge in [-0.15, -0.1) is 0 Å². The van der Waals surface area contributed by atoms with Crippen LogP contribution in [-0.4, -0.2) is 98.0 Å². The number of likely N-dealkylation sites (N-methyl/N-ethyl adjacent to an activating group) is 1. The molecule has 1 unspecified atom stereocenters. The fourth-order valence-electron chi connectivity index (χ4n) is 4.76. The number of aliphatic carboxylic acids is 1. The predicted octanol–water partition coefficient (Wildman–Crippen LogP) is 2.54. The normalized spacial score (nSPS) is 18.8. The highest BCUT2D eigenvalue weighted by Gasteiger charge is 2.28. The van der Waals surface area contributed by atoms with Gasteiger partial charge in [0.2, 0.25) is 0 Å². The van der Waals surface area contributed by atoms with Gasteiger partial charge in [0.1, 0.15) is 0 Å². The first-order valence-electron chi connectivity index (χ1n) is 12.4. The van der Waals surface area contributed by atoms with Crippen LogP contribution in [-0.2, 0) is 16.0 Å². The summed E-state index contributed by atoms with van der Waals surface area (Å²) in [5.74, 6) is -1.00. The van der Waals surface area contributed by atoms with Crippen LogP contribution in [0.5, 0.6) is 0 Å². The molecule has 0 aliphatic carbocycles. The zero-order chi connectivity index (χ0) is 25.5. The van der Waals surface area contributed by atoms with Gasteiger partial charge in [-0.2, -0.15) is 5.10 Å². The Balaban J connectivity index is 1.39. The number of carbonyl (C=O) groups excluding carboxylic acids is 1. The Morgan fingerprint density at radius 3 is 2.56 bits per heavy atom. The topological polar surface area (TPSA) is 97.7 Å². The summed E-state index contributed by atoms with van der Waals surface area (Å²) in [7, 11) is 3.77. The van der Waals surface area contributed by atoms with Crippen molar-refractivity contribution in [2.24, 2.45) is 5.10 Å². The molecule has 1 fully saturated rings. The lowest BCUT2D eigenvalue weighted by Gasteiger charge is -2.36. The molecule has 2 N–H and O–H groups in total. The van der Waals surface area contributed by atoms with E-state index in [-0.39, 0.29) is 18.5 Å². The van der Waals surface area contributed by atoms with Crippen LogP contribution in [0.4, 0.5) is 5.69 Å². The van der Waals surface area contributed by atoms with Crippen LogP contribution < -0.4 is 5.32 Å². The van der Waals surface area contributed by atoms with Crippen LogP contribution in [0.1, 0.15) is 39.5 Å². The summed E-state index contributed by atoms with van der Waals surface area (Å²) >= 11 is 0. The van der Waals surface area contributed by atoms with Gasteiger partial charge in [-0.3, -0.25) is 19.5 Å². The second-order valence-corrected chi connectivity index (χ2v) is 9.40. The summed E-state index contributed by atoms with van der Waals surface area (Å²) in [6.45, 7) is 5.05. The largest absolute Gasteiger partial charge is 0.480 e. The Bertz CT molecular complexity index is 1080. The van der Waals surface area contributed by atoms with Gasteiger partial charge in [0.15, 0.2) is 0 Å². The Hall–Kier alpha value is -3.27. The Kier molecular flexibility index (Phi) is 8.69. The van der Waals surface area contributed by atoms with Crippen LogP contribution in [0.15, 0.2) is 47.6 Å². The SMILES string of the molecule is COCCC1c2ccc(NC(=O)c3ccc(C=NN4CCN(C)CC4)cc3)cc2CCN1CC(=O)O. The third-order valence-electron chi connectivity index (χ3n) is 6.83. The maximum Gasteiger partial charge on any atom is 0.317 e. The van der Waals surface area contributed by atoms with E-state index in [1.807, 2.05) is 53.6 Å². The van der Waals surface area contributed by atoms with E-state index in [2.05, 4.69) is 27.4 Å². The van der Waals surface area contributed by atoms with Gasteiger partial charge in [0.05, 0.1) is 12.8 Å². The van der Waals surface area contributed by atoms with E-state index in [1.165, 1.54) is 0 Å². The van der Waals surface area contributed by atoms with Gasteiger partial charge in [-0.1, -0.05) is 18.2 Å². The smallest absolute Gasteiger partial charge is 0.317 e. The van der Waals surface area contributed by atoms with Crippen LogP contribution in [0.25, 0.3) is 0 Å². The zero-order valence-electron chi connectivity index (χ0n) is 21.0. The summed E-state index contributed by atoms with van der Waals surface area (Å²) in [6.07, 6.45) is 3.29. The van der Waals surface area contributed by atoms with Gasteiger partial charge >= 0.3 is 5.97 Å². The maximum absolute atomic E-state index is 12.9. The molecule has 9 nitrogen and oxygen atoms in total. The number of nitrogens with one attached hydrogen (secondary N) is 1. The van der Waals surface area contributed by atoms with E-state index in [0.29, 0.717) is 25.1 Å². The number of fused-ring (bicyclic) bond motifs is 1. The minimum Gasteiger partial charge on any atom is -0.480 e. The number of piperazine rings is 1. The molecule has 36 heavy (non-hydrogen) atoms. The number of carboxylic acids is 1. The third-order valence-corrected chi connectivity index (χ3v) is 6.83. The number of hydrogen-bond acceptors (Lipinski definition) is 7. The van der Waals surface area contributed by atoms with Gasteiger partial charge < -0.3 is 20.1 Å². The van der Waals surface area contributed by atoms with E-state index in [1.54, 1.807) is 7.11 Å². The molecule has 1 atom stereocenters. The lowest BCUT2D eigenvalue weighted by Crippen LogP contribution is -2.41. The molecule has 1 amide bonds. The van der Waals surface area contributed by atoms with E-state index in [9.17, 15) is 14.7 Å². The molecule has 0 spiro atoms. The molecule has 0 aromatic heterocycles. The molecular weight excluding hydrogens is 458 g/mol. The number of hydrogen-bond donors (Lipinski definition) is 2. The number of anilines is 1. The lowest BCUT2D eigenvalue weighted by molar-refractivity contribution is -0.139. The molecule has 0 bridgehead atoms. The average Bonchev–Trinajstić information content (AvgIpc) is 2.87. The second kappa shape index (κ2) is 12.1. The fourth-order valence-corrected chi connectivity index (χ4v) is 4.76.